The van der Waals surface area contributed by atoms with Gasteiger partial charge in [-0.05, 0) is 46.2 Å². The Labute approximate surface area is 110 Å². The number of hydrogen-bond acceptors (Lipinski definition) is 3. The van der Waals surface area contributed by atoms with Crippen molar-refractivity contribution in [1.29, 1.82) is 0 Å². The molecule has 0 aromatic rings. The van der Waals surface area contributed by atoms with Gasteiger partial charge >= 0.3 is 0 Å². The molecular weight excluding hydrogens is 226 g/mol. The molecule has 1 aliphatic carbocycles. The number of rotatable bonds is 5. The summed E-state index contributed by atoms with van der Waals surface area (Å²) in [5.41, 5.74) is 0. The molecule has 2 unspecified atom stereocenters. The van der Waals surface area contributed by atoms with E-state index < -0.39 is 0 Å². The van der Waals surface area contributed by atoms with Crippen molar-refractivity contribution in [2.75, 3.05) is 20.1 Å². The topological polar surface area (TPSA) is 44.4 Å². The Morgan fingerprint density at radius 2 is 2.00 bits per heavy atom. The Kier molecular flexibility index (Phi) is 5.01. The molecule has 1 amide bonds. The quantitative estimate of drug-likeness (QED) is 0.771. The van der Waals surface area contributed by atoms with Gasteiger partial charge in [0.2, 0.25) is 5.91 Å². The zero-order chi connectivity index (χ0) is 13.0. The van der Waals surface area contributed by atoms with Crippen LogP contribution in [0.4, 0.5) is 0 Å². The van der Waals surface area contributed by atoms with Crippen molar-refractivity contribution < 1.29 is 4.79 Å². The third kappa shape index (κ3) is 3.23. The largest absolute Gasteiger partial charge is 0.352 e. The number of hydrogen-bond donors (Lipinski definition) is 2. The fraction of sp³-hybridized carbons (Fsp3) is 0.929. The summed E-state index contributed by atoms with van der Waals surface area (Å²) in [6.07, 6.45) is 7.29. The predicted octanol–water partition coefficient (Wildman–Crippen LogP) is 1.12. The van der Waals surface area contributed by atoms with Crippen LogP contribution >= 0.6 is 0 Å². The maximum Gasteiger partial charge on any atom is 0.237 e. The number of likely N-dealkylation sites (N-methyl/N-ethyl adjacent to an activating group) is 1. The van der Waals surface area contributed by atoms with E-state index in [1.165, 1.54) is 38.5 Å². The summed E-state index contributed by atoms with van der Waals surface area (Å²) in [4.78, 5) is 14.6. The van der Waals surface area contributed by atoms with Crippen molar-refractivity contribution in [2.45, 2.75) is 63.6 Å². The molecule has 2 fully saturated rings. The van der Waals surface area contributed by atoms with Gasteiger partial charge in [-0.15, -0.1) is 0 Å². The summed E-state index contributed by atoms with van der Waals surface area (Å²) in [6, 6.07) is 0.982. The molecule has 0 bridgehead atoms. The van der Waals surface area contributed by atoms with E-state index >= 15 is 0 Å². The van der Waals surface area contributed by atoms with Crippen LogP contribution in [-0.2, 0) is 4.79 Å². The first-order valence-electron chi connectivity index (χ1n) is 7.43. The average Bonchev–Trinajstić information content (AvgIpc) is 3.00. The van der Waals surface area contributed by atoms with Gasteiger partial charge in [0.1, 0.15) is 0 Å². The van der Waals surface area contributed by atoms with Crippen molar-refractivity contribution in [3.8, 4) is 0 Å². The molecule has 2 aliphatic rings. The van der Waals surface area contributed by atoms with E-state index in [4.69, 9.17) is 0 Å². The third-order valence-electron chi connectivity index (χ3n) is 4.44. The molecular formula is C14H27N3O. The van der Waals surface area contributed by atoms with E-state index in [-0.39, 0.29) is 11.9 Å². The lowest BCUT2D eigenvalue weighted by atomic mass is 10.1. The van der Waals surface area contributed by atoms with Crippen molar-refractivity contribution in [1.82, 2.24) is 15.5 Å². The second kappa shape index (κ2) is 6.53. The maximum absolute atomic E-state index is 12.3. The first kappa shape index (κ1) is 13.8. The molecule has 2 rings (SSSR count). The highest BCUT2D eigenvalue weighted by Crippen LogP contribution is 2.21. The lowest BCUT2D eigenvalue weighted by Gasteiger charge is -2.30. The predicted molar refractivity (Wildman–Crippen MR) is 73.5 cm³/mol. The van der Waals surface area contributed by atoms with Crippen LogP contribution in [0.15, 0.2) is 0 Å². The van der Waals surface area contributed by atoms with Crippen LogP contribution in [0.2, 0.25) is 0 Å². The molecule has 18 heavy (non-hydrogen) atoms. The van der Waals surface area contributed by atoms with E-state index in [0.29, 0.717) is 12.1 Å². The van der Waals surface area contributed by atoms with Crippen LogP contribution in [0.5, 0.6) is 0 Å². The fourth-order valence-electron chi connectivity index (χ4n) is 3.37. The lowest BCUT2D eigenvalue weighted by molar-refractivity contribution is -0.126. The fourth-order valence-corrected chi connectivity index (χ4v) is 3.37. The van der Waals surface area contributed by atoms with E-state index in [1.54, 1.807) is 0 Å². The number of carbonyl (C=O) groups excluding carboxylic acids is 1. The minimum Gasteiger partial charge on any atom is -0.352 e. The molecule has 1 aliphatic heterocycles. The van der Waals surface area contributed by atoms with Crippen LogP contribution in [-0.4, -0.2) is 49.1 Å². The lowest BCUT2D eigenvalue weighted by Crippen LogP contribution is -2.51. The van der Waals surface area contributed by atoms with E-state index in [9.17, 15) is 4.79 Å². The molecule has 0 aromatic heterocycles. The summed E-state index contributed by atoms with van der Waals surface area (Å²) >= 11 is 0. The van der Waals surface area contributed by atoms with Gasteiger partial charge in [0.05, 0.1) is 6.04 Å². The van der Waals surface area contributed by atoms with Crippen molar-refractivity contribution in [2.24, 2.45) is 0 Å². The van der Waals surface area contributed by atoms with Gasteiger partial charge in [-0.3, -0.25) is 9.69 Å². The van der Waals surface area contributed by atoms with Gasteiger partial charge in [-0.1, -0.05) is 12.8 Å². The zero-order valence-electron chi connectivity index (χ0n) is 11.7. The SMILES string of the molecule is CNCC1CCCN1C(C)C(=O)NC1CCCC1. The van der Waals surface area contributed by atoms with E-state index in [2.05, 4.69) is 22.5 Å². The molecule has 104 valence electrons. The smallest absolute Gasteiger partial charge is 0.237 e. The zero-order valence-corrected chi connectivity index (χ0v) is 11.7. The molecule has 0 aromatic carbocycles. The standard InChI is InChI=1S/C14H27N3O/c1-11(14(18)16-12-6-3-4-7-12)17-9-5-8-13(17)10-15-2/h11-13,15H,3-10H2,1-2H3,(H,16,18). The molecule has 1 heterocycles. The average molecular weight is 253 g/mol. The van der Waals surface area contributed by atoms with Crippen molar-refractivity contribution >= 4 is 5.91 Å². The number of nitrogens with zero attached hydrogens (tertiary/aromatic N) is 1. The molecule has 4 nitrogen and oxygen atoms in total. The van der Waals surface area contributed by atoms with Crippen molar-refractivity contribution in [3.63, 3.8) is 0 Å². The Balaban J connectivity index is 1.84. The second-order valence-corrected chi connectivity index (χ2v) is 5.76. The summed E-state index contributed by atoms with van der Waals surface area (Å²) < 4.78 is 0. The Hall–Kier alpha value is -0.610. The van der Waals surface area contributed by atoms with Gasteiger partial charge in [-0.25, -0.2) is 0 Å². The van der Waals surface area contributed by atoms with Crippen LogP contribution in [0.1, 0.15) is 45.4 Å². The molecule has 4 heteroatoms. The summed E-state index contributed by atoms with van der Waals surface area (Å²) in [5, 5.41) is 6.45. The van der Waals surface area contributed by atoms with Gasteiger partial charge in [0.25, 0.3) is 0 Å². The normalized spacial score (nSPS) is 27.6. The summed E-state index contributed by atoms with van der Waals surface area (Å²) in [5.74, 6) is 0.227. The van der Waals surface area contributed by atoms with Crippen LogP contribution in [0.25, 0.3) is 0 Å². The molecule has 2 atom stereocenters. The number of nitrogens with one attached hydrogen (secondary N) is 2. The molecule has 0 radical (unpaired) electrons. The minimum absolute atomic E-state index is 0.0199. The van der Waals surface area contributed by atoms with Gasteiger partial charge in [-0.2, -0.15) is 0 Å². The first-order valence-corrected chi connectivity index (χ1v) is 7.43. The highest BCUT2D eigenvalue weighted by Gasteiger charge is 2.32. The molecule has 2 N–H and O–H groups in total. The van der Waals surface area contributed by atoms with Crippen LogP contribution in [0.3, 0.4) is 0 Å². The first-order chi connectivity index (χ1) is 8.72. The van der Waals surface area contributed by atoms with E-state index in [0.717, 1.165) is 13.1 Å². The Morgan fingerprint density at radius 1 is 1.28 bits per heavy atom. The van der Waals surface area contributed by atoms with Gasteiger partial charge < -0.3 is 10.6 Å². The Morgan fingerprint density at radius 3 is 2.67 bits per heavy atom. The highest BCUT2D eigenvalue weighted by molar-refractivity contribution is 5.81. The Bertz CT molecular complexity index is 276. The van der Waals surface area contributed by atoms with Gasteiger partial charge in [0, 0.05) is 18.6 Å². The van der Waals surface area contributed by atoms with Crippen molar-refractivity contribution in [3.05, 3.63) is 0 Å². The van der Waals surface area contributed by atoms with Gasteiger partial charge in [0.15, 0.2) is 0 Å². The maximum atomic E-state index is 12.3. The number of likely N-dealkylation sites (tertiary alicyclic amines) is 1. The van der Waals surface area contributed by atoms with Crippen LogP contribution in [0, 0.1) is 0 Å². The monoisotopic (exact) mass is 253 g/mol. The van der Waals surface area contributed by atoms with Crippen LogP contribution < -0.4 is 10.6 Å². The minimum atomic E-state index is 0.0199. The molecule has 1 saturated carbocycles. The molecule has 0 spiro atoms. The second-order valence-electron chi connectivity index (χ2n) is 5.76. The molecule has 1 saturated heterocycles. The third-order valence-corrected chi connectivity index (χ3v) is 4.44. The highest BCUT2D eigenvalue weighted by atomic mass is 16.2. The van der Waals surface area contributed by atoms with E-state index in [1.807, 2.05) is 7.05 Å². The summed E-state index contributed by atoms with van der Waals surface area (Å²) in [6.45, 7) is 4.10. The number of amides is 1. The summed E-state index contributed by atoms with van der Waals surface area (Å²) in [7, 11) is 1.99. The number of carbonyl (C=O) groups is 1.